The van der Waals surface area contributed by atoms with Gasteiger partial charge in [0.25, 0.3) is 0 Å². The number of hydrogen-bond acceptors (Lipinski definition) is 5. The molecule has 1 aromatic rings. The summed E-state index contributed by atoms with van der Waals surface area (Å²) in [6.07, 6.45) is 1.24. The predicted molar refractivity (Wildman–Crippen MR) is 76.6 cm³/mol. The Labute approximate surface area is 119 Å². The van der Waals surface area contributed by atoms with Gasteiger partial charge < -0.3 is 14.5 Å². The molecular formula is C13H21ClN4O. The second-order valence-electron chi connectivity index (χ2n) is 5.20. The summed E-state index contributed by atoms with van der Waals surface area (Å²) in [6, 6.07) is 1.80. The average Bonchev–Trinajstić information content (AvgIpc) is 2.74. The molecule has 1 fully saturated rings. The van der Waals surface area contributed by atoms with Crippen molar-refractivity contribution >= 4 is 17.4 Å². The van der Waals surface area contributed by atoms with Gasteiger partial charge >= 0.3 is 0 Å². The lowest BCUT2D eigenvalue weighted by molar-refractivity contribution is 0.178. The highest BCUT2D eigenvalue weighted by Gasteiger charge is 2.21. The molecule has 1 saturated heterocycles. The van der Waals surface area contributed by atoms with Crippen LogP contribution >= 0.6 is 11.6 Å². The Morgan fingerprint density at radius 1 is 1.53 bits per heavy atom. The summed E-state index contributed by atoms with van der Waals surface area (Å²) in [5, 5.41) is 0.465. The van der Waals surface area contributed by atoms with Crippen LogP contribution in [0.4, 0.5) is 5.82 Å². The van der Waals surface area contributed by atoms with Gasteiger partial charge in [-0.3, -0.25) is 0 Å². The maximum Gasteiger partial charge on any atom is 0.158 e. The number of ether oxygens (including phenoxy) is 1. The highest BCUT2D eigenvalue weighted by Crippen LogP contribution is 2.20. The van der Waals surface area contributed by atoms with Crippen LogP contribution in [-0.4, -0.2) is 55.7 Å². The molecular weight excluding hydrogens is 264 g/mol. The van der Waals surface area contributed by atoms with Crippen molar-refractivity contribution in [2.24, 2.45) is 5.92 Å². The van der Waals surface area contributed by atoms with Gasteiger partial charge in [0, 0.05) is 33.3 Å². The minimum Gasteiger partial charge on any atom is -0.377 e. The predicted octanol–water partition coefficient (Wildman–Crippen LogP) is 1.66. The average molecular weight is 285 g/mol. The molecule has 0 aromatic carbocycles. The summed E-state index contributed by atoms with van der Waals surface area (Å²) in [7, 11) is 5.84. The highest BCUT2D eigenvalue weighted by atomic mass is 35.5. The Kier molecular flexibility index (Phi) is 4.96. The number of anilines is 1. The first kappa shape index (κ1) is 14.5. The Bertz CT molecular complexity index is 429. The SMILES string of the molecule is COCc1nc(Cl)cc(N(C)CC2CCN(C)C2)n1. The Morgan fingerprint density at radius 2 is 2.32 bits per heavy atom. The van der Waals surface area contributed by atoms with E-state index in [4.69, 9.17) is 16.3 Å². The van der Waals surface area contributed by atoms with Gasteiger partial charge in [-0.05, 0) is 25.9 Å². The topological polar surface area (TPSA) is 41.5 Å². The summed E-state index contributed by atoms with van der Waals surface area (Å²) in [5.41, 5.74) is 0. The first-order chi connectivity index (χ1) is 9.08. The first-order valence-corrected chi connectivity index (χ1v) is 6.88. The van der Waals surface area contributed by atoms with E-state index in [-0.39, 0.29) is 0 Å². The monoisotopic (exact) mass is 284 g/mol. The van der Waals surface area contributed by atoms with E-state index < -0.39 is 0 Å². The summed E-state index contributed by atoms with van der Waals surface area (Å²) in [5.74, 6) is 2.18. The number of hydrogen-bond donors (Lipinski definition) is 0. The quantitative estimate of drug-likeness (QED) is 0.770. The first-order valence-electron chi connectivity index (χ1n) is 6.50. The summed E-state index contributed by atoms with van der Waals surface area (Å²) < 4.78 is 5.06. The van der Waals surface area contributed by atoms with E-state index in [0.717, 1.165) is 18.9 Å². The largest absolute Gasteiger partial charge is 0.377 e. The van der Waals surface area contributed by atoms with Crippen molar-refractivity contribution in [3.8, 4) is 0 Å². The lowest BCUT2D eigenvalue weighted by Crippen LogP contribution is -2.28. The Morgan fingerprint density at radius 3 is 2.95 bits per heavy atom. The van der Waals surface area contributed by atoms with Crippen LogP contribution in [0.25, 0.3) is 0 Å². The highest BCUT2D eigenvalue weighted by molar-refractivity contribution is 6.29. The molecule has 2 rings (SSSR count). The normalized spacial score (nSPS) is 19.9. The number of rotatable bonds is 5. The minimum absolute atomic E-state index is 0.383. The van der Waals surface area contributed by atoms with Crippen LogP contribution in [0, 0.1) is 5.92 Å². The molecule has 0 aliphatic carbocycles. The van der Waals surface area contributed by atoms with Gasteiger partial charge in [-0.25, -0.2) is 9.97 Å². The van der Waals surface area contributed by atoms with Gasteiger partial charge in [-0.2, -0.15) is 0 Å². The molecule has 0 radical (unpaired) electrons. The van der Waals surface area contributed by atoms with E-state index in [1.165, 1.54) is 13.0 Å². The summed E-state index contributed by atoms with van der Waals surface area (Å²) in [6.45, 7) is 3.70. The van der Waals surface area contributed by atoms with Gasteiger partial charge in [0.15, 0.2) is 5.82 Å². The number of methoxy groups -OCH3 is 1. The van der Waals surface area contributed by atoms with E-state index in [1.807, 2.05) is 7.05 Å². The fourth-order valence-corrected chi connectivity index (χ4v) is 2.69. The van der Waals surface area contributed by atoms with E-state index in [9.17, 15) is 0 Å². The maximum atomic E-state index is 6.03. The van der Waals surface area contributed by atoms with Crippen LogP contribution in [0.15, 0.2) is 6.07 Å². The molecule has 0 bridgehead atoms. The van der Waals surface area contributed by atoms with Crippen molar-refractivity contribution < 1.29 is 4.74 Å². The van der Waals surface area contributed by atoms with E-state index in [1.54, 1.807) is 13.2 Å². The van der Waals surface area contributed by atoms with Crippen molar-refractivity contribution in [3.05, 3.63) is 17.0 Å². The van der Waals surface area contributed by atoms with Crippen molar-refractivity contribution in [3.63, 3.8) is 0 Å². The number of aromatic nitrogens is 2. The molecule has 0 N–H and O–H groups in total. The fourth-order valence-electron chi connectivity index (χ4n) is 2.50. The summed E-state index contributed by atoms with van der Waals surface area (Å²) in [4.78, 5) is 13.1. The molecule has 0 saturated carbocycles. The van der Waals surface area contributed by atoms with Crippen LogP contribution in [0.5, 0.6) is 0 Å². The van der Waals surface area contributed by atoms with Crippen molar-refractivity contribution in [1.29, 1.82) is 0 Å². The Hall–Kier alpha value is -0.910. The number of nitrogens with zero attached hydrogens (tertiary/aromatic N) is 4. The van der Waals surface area contributed by atoms with Crippen molar-refractivity contribution in [2.45, 2.75) is 13.0 Å². The van der Waals surface area contributed by atoms with E-state index in [2.05, 4.69) is 26.8 Å². The van der Waals surface area contributed by atoms with Gasteiger partial charge in [0.1, 0.15) is 17.6 Å². The molecule has 6 heteroatoms. The van der Waals surface area contributed by atoms with Crippen LogP contribution in [0.1, 0.15) is 12.2 Å². The molecule has 1 unspecified atom stereocenters. The van der Waals surface area contributed by atoms with Crippen LogP contribution < -0.4 is 4.90 Å². The molecule has 0 amide bonds. The minimum atomic E-state index is 0.383. The molecule has 106 valence electrons. The zero-order chi connectivity index (χ0) is 13.8. The molecule has 1 aliphatic rings. The third-order valence-corrected chi connectivity index (χ3v) is 3.61. The number of halogens is 1. The standard InChI is InChI=1S/C13H21ClN4O/c1-17-5-4-10(7-17)8-18(2)13-6-11(14)15-12(16-13)9-19-3/h6,10H,4-5,7-9H2,1-3H3. The van der Waals surface area contributed by atoms with E-state index >= 15 is 0 Å². The maximum absolute atomic E-state index is 6.03. The second kappa shape index (κ2) is 6.50. The molecule has 0 spiro atoms. The van der Waals surface area contributed by atoms with E-state index in [0.29, 0.717) is 23.5 Å². The molecule has 1 atom stereocenters. The fraction of sp³-hybridized carbons (Fsp3) is 0.692. The third kappa shape index (κ3) is 4.03. The van der Waals surface area contributed by atoms with Crippen LogP contribution in [0.3, 0.4) is 0 Å². The van der Waals surface area contributed by atoms with Gasteiger partial charge in [-0.1, -0.05) is 11.6 Å². The molecule has 19 heavy (non-hydrogen) atoms. The molecule has 2 heterocycles. The zero-order valence-corrected chi connectivity index (χ0v) is 12.5. The summed E-state index contributed by atoms with van der Waals surface area (Å²) >= 11 is 6.03. The van der Waals surface area contributed by atoms with Gasteiger partial charge in [0.05, 0.1) is 0 Å². The van der Waals surface area contributed by atoms with Crippen molar-refractivity contribution in [1.82, 2.24) is 14.9 Å². The van der Waals surface area contributed by atoms with Crippen LogP contribution in [-0.2, 0) is 11.3 Å². The van der Waals surface area contributed by atoms with Crippen LogP contribution in [0.2, 0.25) is 5.15 Å². The zero-order valence-electron chi connectivity index (χ0n) is 11.8. The van der Waals surface area contributed by atoms with Gasteiger partial charge in [0.2, 0.25) is 0 Å². The second-order valence-corrected chi connectivity index (χ2v) is 5.58. The number of likely N-dealkylation sites (tertiary alicyclic amines) is 1. The smallest absolute Gasteiger partial charge is 0.158 e. The van der Waals surface area contributed by atoms with Gasteiger partial charge in [-0.15, -0.1) is 0 Å². The lowest BCUT2D eigenvalue weighted by Gasteiger charge is -2.22. The lowest BCUT2D eigenvalue weighted by atomic mass is 10.1. The molecule has 5 nitrogen and oxygen atoms in total. The molecule has 1 aliphatic heterocycles. The van der Waals surface area contributed by atoms with Crippen molar-refractivity contribution in [2.75, 3.05) is 45.7 Å². The Balaban J connectivity index is 2.03. The molecule has 1 aromatic heterocycles. The third-order valence-electron chi connectivity index (χ3n) is 3.41.